The van der Waals surface area contributed by atoms with E-state index in [1.165, 1.54) is 18.7 Å². The number of rotatable bonds is 3. The second-order valence-corrected chi connectivity index (χ2v) is 6.15. The number of fused-ring (bicyclic) bond motifs is 1. The third kappa shape index (κ3) is 2.27. The summed E-state index contributed by atoms with van der Waals surface area (Å²) >= 11 is 1.70. The summed E-state index contributed by atoms with van der Waals surface area (Å²) in [6.45, 7) is 2.87. The van der Waals surface area contributed by atoms with Gasteiger partial charge >= 0.3 is 5.97 Å². The summed E-state index contributed by atoms with van der Waals surface area (Å²) < 4.78 is 0. The van der Waals surface area contributed by atoms with Crippen molar-refractivity contribution in [3.63, 3.8) is 0 Å². The predicted molar refractivity (Wildman–Crippen MR) is 69.6 cm³/mol. The smallest absolute Gasteiger partial charge is 0.318 e. The number of carboxylic acid groups (broad SMARTS) is 1. The lowest BCUT2D eigenvalue weighted by Crippen LogP contribution is -2.44. The standard InChI is InChI=1S/C13H17NO3S/c1-13(2,12(16)17)11(15)14-9-4-3-5-10-8(9)6-7-18-10/h6-7,9H,3-5H2,1-2H3,(H,14,15)(H,16,17). The Morgan fingerprint density at radius 3 is 2.89 bits per heavy atom. The fourth-order valence-corrected chi connectivity index (χ4v) is 3.06. The molecule has 18 heavy (non-hydrogen) atoms. The zero-order chi connectivity index (χ0) is 13.3. The highest BCUT2D eigenvalue weighted by molar-refractivity contribution is 7.10. The van der Waals surface area contributed by atoms with Gasteiger partial charge in [-0.25, -0.2) is 0 Å². The van der Waals surface area contributed by atoms with Gasteiger partial charge in [-0.05, 0) is 50.1 Å². The molecular weight excluding hydrogens is 250 g/mol. The van der Waals surface area contributed by atoms with Gasteiger partial charge in [-0.1, -0.05) is 0 Å². The number of carboxylic acids is 1. The summed E-state index contributed by atoms with van der Waals surface area (Å²) in [5.74, 6) is -1.51. The molecule has 98 valence electrons. The van der Waals surface area contributed by atoms with Gasteiger partial charge in [0.05, 0.1) is 6.04 Å². The highest BCUT2D eigenvalue weighted by atomic mass is 32.1. The highest BCUT2D eigenvalue weighted by Gasteiger charge is 2.37. The maximum Gasteiger partial charge on any atom is 0.318 e. The van der Waals surface area contributed by atoms with Crippen LogP contribution in [0, 0.1) is 5.41 Å². The molecule has 1 atom stereocenters. The van der Waals surface area contributed by atoms with Crippen molar-refractivity contribution in [1.29, 1.82) is 0 Å². The first kappa shape index (κ1) is 13.1. The van der Waals surface area contributed by atoms with Crippen LogP contribution in [-0.4, -0.2) is 17.0 Å². The molecule has 1 unspecified atom stereocenters. The van der Waals surface area contributed by atoms with E-state index in [0.717, 1.165) is 24.8 Å². The third-order valence-corrected chi connectivity index (χ3v) is 4.46. The lowest BCUT2D eigenvalue weighted by molar-refractivity contribution is -0.153. The molecule has 0 bridgehead atoms. The molecule has 0 fully saturated rings. The Morgan fingerprint density at radius 1 is 1.50 bits per heavy atom. The van der Waals surface area contributed by atoms with Gasteiger partial charge in [0.2, 0.25) is 5.91 Å². The second-order valence-electron chi connectivity index (χ2n) is 5.15. The number of aliphatic carboxylic acids is 1. The Kier molecular flexibility index (Phi) is 3.43. The van der Waals surface area contributed by atoms with E-state index in [4.69, 9.17) is 5.11 Å². The van der Waals surface area contributed by atoms with E-state index in [9.17, 15) is 9.59 Å². The van der Waals surface area contributed by atoms with Crippen LogP contribution in [0.2, 0.25) is 0 Å². The molecule has 0 aliphatic heterocycles. The first-order valence-electron chi connectivity index (χ1n) is 6.03. The fourth-order valence-electron chi connectivity index (χ4n) is 2.07. The maximum atomic E-state index is 12.0. The molecule has 2 rings (SSSR count). The second kappa shape index (κ2) is 4.72. The number of carbonyl (C=O) groups is 2. The molecule has 1 aromatic rings. The van der Waals surface area contributed by atoms with Crippen molar-refractivity contribution in [3.05, 3.63) is 21.9 Å². The van der Waals surface area contributed by atoms with Crippen molar-refractivity contribution in [3.8, 4) is 0 Å². The van der Waals surface area contributed by atoms with Crippen LogP contribution in [0.1, 0.15) is 43.2 Å². The molecular formula is C13H17NO3S. The van der Waals surface area contributed by atoms with Crippen LogP contribution < -0.4 is 5.32 Å². The summed E-state index contributed by atoms with van der Waals surface area (Å²) in [7, 11) is 0. The van der Waals surface area contributed by atoms with E-state index in [2.05, 4.69) is 5.32 Å². The van der Waals surface area contributed by atoms with Gasteiger partial charge in [-0.15, -0.1) is 11.3 Å². The predicted octanol–water partition coefficient (Wildman–Crippen LogP) is 2.35. The van der Waals surface area contributed by atoms with Crippen LogP contribution in [-0.2, 0) is 16.0 Å². The van der Waals surface area contributed by atoms with E-state index in [0.29, 0.717) is 0 Å². The van der Waals surface area contributed by atoms with Crippen molar-refractivity contribution >= 4 is 23.2 Å². The minimum absolute atomic E-state index is 0.0360. The maximum absolute atomic E-state index is 12.0. The third-order valence-electron chi connectivity index (χ3n) is 3.46. The Morgan fingerprint density at radius 2 is 2.22 bits per heavy atom. The molecule has 1 aromatic heterocycles. The summed E-state index contributed by atoms with van der Waals surface area (Å²) in [6.07, 6.45) is 2.97. The molecule has 0 spiro atoms. The lowest BCUT2D eigenvalue weighted by Gasteiger charge is -2.27. The minimum atomic E-state index is -1.38. The number of hydrogen-bond donors (Lipinski definition) is 2. The van der Waals surface area contributed by atoms with Crippen LogP contribution in [0.15, 0.2) is 11.4 Å². The minimum Gasteiger partial charge on any atom is -0.480 e. The van der Waals surface area contributed by atoms with Crippen molar-refractivity contribution in [1.82, 2.24) is 5.32 Å². The normalized spacial score (nSPS) is 19.1. The lowest BCUT2D eigenvalue weighted by atomic mass is 9.89. The van der Waals surface area contributed by atoms with Gasteiger partial charge in [0.25, 0.3) is 0 Å². The van der Waals surface area contributed by atoms with E-state index >= 15 is 0 Å². The number of hydrogen-bond acceptors (Lipinski definition) is 3. The van der Waals surface area contributed by atoms with E-state index in [1.807, 2.05) is 11.4 Å². The molecule has 0 saturated carbocycles. The topological polar surface area (TPSA) is 66.4 Å². The zero-order valence-electron chi connectivity index (χ0n) is 10.5. The molecule has 2 N–H and O–H groups in total. The molecule has 1 amide bonds. The quantitative estimate of drug-likeness (QED) is 0.826. The van der Waals surface area contributed by atoms with Gasteiger partial charge in [-0.2, -0.15) is 0 Å². The Hall–Kier alpha value is -1.36. The molecule has 1 heterocycles. The molecule has 0 saturated heterocycles. The van der Waals surface area contributed by atoms with Gasteiger partial charge in [0.1, 0.15) is 5.41 Å². The molecule has 4 nitrogen and oxygen atoms in total. The summed E-state index contributed by atoms with van der Waals surface area (Å²) in [5, 5.41) is 13.9. The first-order chi connectivity index (χ1) is 8.43. The van der Waals surface area contributed by atoms with Crippen LogP contribution in [0.4, 0.5) is 0 Å². The van der Waals surface area contributed by atoms with Gasteiger partial charge in [-0.3, -0.25) is 9.59 Å². The average molecular weight is 267 g/mol. The van der Waals surface area contributed by atoms with Crippen LogP contribution in [0.25, 0.3) is 0 Å². The van der Waals surface area contributed by atoms with E-state index in [-0.39, 0.29) is 6.04 Å². The van der Waals surface area contributed by atoms with Crippen LogP contribution in [0.5, 0.6) is 0 Å². The number of nitrogens with one attached hydrogen (secondary N) is 1. The molecule has 1 aliphatic carbocycles. The highest BCUT2D eigenvalue weighted by Crippen LogP contribution is 2.33. The van der Waals surface area contributed by atoms with E-state index in [1.54, 1.807) is 11.3 Å². The van der Waals surface area contributed by atoms with Crippen LogP contribution in [0.3, 0.4) is 0 Å². The molecule has 1 aliphatic rings. The monoisotopic (exact) mass is 267 g/mol. The van der Waals surface area contributed by atoms with E-state index < -0.39 is 17.3 Å². The summed E-state index contributed by atoms with van der Waals surface area (Å²) in [5.41, 5.74) is -0.228. The Balaban J connectivity index is 2.13. The molecule has 0 radical (unpaired) electrons. The number of aryl methyl sites for hydroxylation is 1. The average Bonchev–Trinajstić information content (AvgIpc) is 2.77. The van der Waals surface area contributed by atoms with Gasteiger partial charge in [0, 0.05) is 4.88 Å². The summed E-state index contributed by atoms with van der Waals surface area (Å²) in [6, 6.07) is 1.99. The SMILES string of the molecule is CC(C)(C(=O)O)C(=O)NC1CCCc2sccc21. The van der Waals surface area contributed by atoms with Crippen molar-refractivity contribution < 1.29 is 14.7 Å². The zero-order valence-corrected chi connectivity index (χ0v) is 11.3. The van der Waals surface area contributed by atoms with Crippen molar-refractivity contribution in [2.75, 3.05) is 0 Å². The Bertz CT molecular complexity index is 478. The fraction of sp³-hybridized carbons (Fsp3) is 0.538. The number of carbonyl (C=O) groups excluding carboxylic acids is 1. The molecule has 5 heteroatoms. The van der Waals surface area contributed by atoms with Gasteiger partial charge < -0.3 is 10.4 Å². The van der Waals surface area contributed by atoms with Crippen LogP contribution >= 0.6 is 11.3 Å². The number of amides is 1. The Labute approximate surface area is 110 Å². The largest absolute Gasteiger partial charge is 0.480 e. The van der Waals surface area contributed by atoms with Crippen molar-refractivity contribution in [2.45, 2.75) is 39.2 Å². The number of thiophene rings is 1. The summed E-state index contributed by atoms with van der Waals surface area (Å²) in [4.78, 5) is 24.4. The van der Waals surface area contributed by atoms with Crippen molar-refractivity contribution in [2.24, 2.45) is 5.41 Å². The molecule has 0 aromatic carbocycles. The van der Waals surface area contributed by atoms with Gasteiger partial charge in [0.15, 0.2) is 0 Å². The first-order valence-corrected chi connectivity index (χ1v) is 6.91.